The summed E-state index contributed by atoms with van der Waals surface area (Å²) in [5, 5.41) is 12.2. The van der Waals surface area contributed by atoms with Gasteiger partial charge in [-0.25, -0.2) is 8.78 Å². The lowest BCUT2D eigenvalue weighted by Crippen LogP contribution is -2.45. The molecular formula is C15H22F2N2O. The second-order valence-corrected chi connectivity index (χ2v) is 5.35. The third-order valence-electron chi connectivity index (χ3n) is 3.66. The number of rotatable bonds is 6. The highest BCUT2D eigenvalue weighted by Crippen LogP contribution is 2.15. The van der Waals surface area contributed by atoms with Gasteiger partial charge in [-0.15, -0.1) is 0 Å². The van der Waals surface area contributed by atoms with E-state index in [2.05, 4.69) is 10.2 Å². The minimum absolute atomic E-state index is 0.207. The molecule has 1 aromatic rings. The SMILES string of the molecule is OCCCNC1CCCN(Cc2ccc(F)c(F)c2)C1. The number of aliphatic hydroxyl groups is 1. The Bertz CT molecular complexity index is 428. The first-order valence-electron chi connectivity index (χ1n) is 7.19. The standard InChI is InChI=1S/C15H22F2N2O/c16-14-5-4-12(9-15(14)17)10-19-7-1-3-13(11-19)18-6-2-8-20/h4-5,9,13,18,20H,1-3,6-8,10-11H2. The van der Waals surface area contributed by atoms with Crippen molar-refractivity contribution in [2.45, 2.75) is 31.8 Å². The summed E-state index contributed by atoms with van der Waals surface area (Å²) in [7, 11) is 0. The highest BCUT2D eigenvalue weighted by molar-refractivity contribution is 5.17. The number of hydrogen-bond acceptors (Lipinski definition) is 3. The molecule has 112 valence electrons. The van der Waals surface area contributed by atoms with Crippen LogP contribution in [-0.4, -0.2) is 42.3 Å². The first-order valence-corrected chi connectivity index (χ1v) is 7.19. The maximum Gasteiger partial charge on any atom is 0.159 e. The number of nitrogens with one attached hydrogen (secondary N) is 1. The minimum atomic E-state index is -0.795. The Labute approximate surface area is 118 Å². The first kappa shape index (κ1) is 15.4. The molecule has 0 aliphatic carbocycles. The number of halogens is 2. The molecule has 2 N–H and O–H groups in total. The summed E-state index contributed by atoms with van der Waals surface area (Å²) in [5.74, 6) is -1.58. The Hall–Kier alpha value is -1.04. The van der Waals surface area contributed by atoms with Crippen molar-refractivity contribution in [3.63, 3.8) is 0 Å². The van der Waals surface area contributed by atoms with Crippen LogP contribution in [0.5, 0.6) is 0 Å². The summed E-state index contributed by atoms with van der Waals surface area (Å²) in [4.78, 5) is 2.26. The fourth-order valence-electron chi connectivity index (χ4n) is 2.65. The molecule has 0 amide bonds. The Balaban J connectivity index is 1.84. The first-order chi connectivity index (χ1) is 9.69. The lowest BCUT2D eigenvalue weighted by Gasteiger charge is -2.33. The molecule has 0 spiro atoms. The van der Waals surface area contributed by atoms with Crippen LogP contribution in [0, 0.1) is 11.6 Å². The Morgan fingerprint density at radius 1 is 1.30 bits per heavy atom. The number of likely N-dealkylation sites (tertiary alicyclic amines) is 1. The van der Waals surface area contributed by atoms with E-state index >= 15 is 0 Å². The van der Waals surface area contributed by atoms with E-state index in [1.54, 1.807) is 6.07 Å². The number of hydrogen-bond donors (Lipinski definition) is 2. The Morgan fingerprint density at radius 2 is 2.15 bits per heavy atom. The quantitative estimate of drug-likeness (QED) is 0.783. The number of aliphatic hydroxyl groups excluding tert-OH is 1. The van der Waals surface area contributed by atoms with Gasteiger partial charge in [0.1, 0.15) is 0 Å². The van der Waals surface area contributed by atoms with E-state index in [1.807, 2.05) is 0 Å². The van der Waals surface area contributed by atoms with Gasteiger partial charge in [0.25, 0.3) is 0 Å². The average molecular weight is 284 g/mol. The summed E-state index contributed by atoms with van der Waals surface area (Å²) in [5.41, 5.74) is 0.805. The lowest BCUT2D eigenvalue weighted by atomic mass is 10.0. The highest BCUT2D eigenvalue weighted by atomic mass is 19.2. The zero-order valence-corrected chi connectivity index (χ0v) is 11.6. The van der Waals surface area contributed by atoms with E-state index in [4.69, 9.17) is 5.11 Å². The van der Waals surface area contributed by atoms with Gasteiger partial charge in [0.05, 0.1) is 0 Å². The van der Waals surface area contributed by atoms with Crippen LogP contribution in [0.4, 0.5) is 8.78 Å². The normalized spacial score (nSPS) is 20.2. The molecule has 0 aromatic heterocycles. The Kier molecular flexibility index (Phi) is 5.88. The van der Waals surface area contributed by atoms with Gasteiger partial charge in [0.15, 0.2) is 11.6 Å². The third kappa shape index (κ3) is 4.51. The van der Waals surface area contributed by atoms with E-state index in [1.165, 1.54) is 12.1 Å². The molecule has 5 heteroatoms. The van der Waals surface area contributed by atoms with Crippen molar-refractivity contribution in [2.24, 2.45) is 0 Å². The van der Waals surface area contributed by atoms with Gasteiger partial charge in [-0.05, 0) is 50.0 Å². The molecule has 0 saturated carbocycles. The summed E-state index contributed by atoms with van der Waals surface area (Å²) >= 11 is 0. The fourth-order valence-corrected chi connectivity index (χ4v) is 2.65. The molecule has 20 heavy (non-hydrogen) atoms. The van der Waals surface area contributed by atoms with E-state index in [9.17, 15) is 8.78 Å². The second-order valence-electron chi connectivity index (χ2n) is 5.35. The molecule has 1 atom stereocenters. The maximum absolute atomic E-state index is 13.2. The Morgan fingerprint density at radius 3 is 2.90 bits per heavy atom. The number of nitrogens with zero attached hydrogens (tertiary/aromatic N) is 1. The monoisotopic (exact) mass is 284 g/mol. The zero-order valence-electron chi connectivity index (χ0n) is 11.6. The lowest BCUT2D eigenvalue weighted by molar-refractivity contribution is 0.180. The highest BCUT2D eigenvalue weighted by Gasteiger charge is 2.19. The van der Waals surface area contributed by atoms with Gasteiger partial charge in [-0.1, -0.05) is 6.07 Å². The number of benzene rings is 1. The summed E-state index contributed by atoms with van der Waals surface area (Å²) in [6.45, 7) is 3.56. The molecule has 1 fully saturated rings. The van der Waals surface area contributed by atoms with E-state index in [-0.39, 0.29) is 6.61 Å². The minimum Gasteiger partial charge on any atom is -0.396 e. The van der Waals surface area contributed by atoms with Gasteiger partial charge in [0.2, 0.25) is 0 Å². The van der Waals surface area contributed by atoms with Crippen molar-refractivity contribution < 1.29 is 13.9 Å². The van der Waals surface area contributed by atoms with Crippen LogP contribution < -0.4 is 5.32 Å². The van der Waals surface area contributed by atoms with Crippen LogP contribution in [0.2, 0.25) is 0 Å². The van der Waals surface area contributed by atoms with E-state index in [0.29, 0.717) is 12.6 Å². The van der Waals surface area contributed by atoms with Crippen molar-refractivity contribution in [1.29, 1.82) is 0 Å². The van der Waals surface area contributed by atoms with Crippen molar-refractivity contribution in [3.8, 4) is 0 Å². The van der Waals surface area contributed by atoms with Crippen molar-refractivity contribution in [2.75, 3.05) is 26.2 Å². The van der Waals surface area contributed by atoms with Crippen LogP contribution in [-0.2, 0) is 6.54 Å². The fraction of sp³-hybridized carbons (Fsp3) is 0.600. The largest absolute Gasteiger partial charge is 0.396 e. The molecule has 1 heterocycles. The van der Waals surface area contributed by atoms with Crippen LogP contribution in [0.1, 0.15) is 24.8 Å². The van der Waals surface area contributed by atoms with Gasteiger partial charge in [-0.2, -0.15) is 0 Å². The predicted octanol–water partition coefficient (Wildman–Crippen LogP) is 1.90. The molecule has 2 rings (SSSR count). The molecule has 1 aliphatic heterocycles. The van der Waals surface area contributed by atoms with E-state index in [0.717, 1.165) is 44.5 Å². The van der Waals surface area contributed by atoms with E-state index < -0.39 is 11.6 Å². The molecule has 1 aliphatic rings. The number of piperidine rings is 1. The van der Waals surface area contributed by atoms with Crippen LogP contribution in [0.3, 0.4) is 0 Å². The maximum atomic E-state index is 13.2. The summed E-state index contributed by atoms with van der Waals surface area (Å²) < 4.78 is 26.1. The molecule has 0 bridgehead atoms. The molecule has 0 radical (unpaired) electrons. The molecule has 3 nitrogen and oxygen atoms in total. The van der Waals surface area contributed by atoms with Crippen molar-refractivity contribution in [1.82, 2.24) is 10.2 Å². The molecular weight excluding hydrogens is 262 g/mol. The average Bonchev–Trinajstić information content (AvgIpc) is 2.44. The molecule has 1 saturated heterocycles. The predicted molar refractivity (Wildman–Crippen MR) is 74.4 cm³/mol. The van der Waals surface area contributed by atoms with Gasteiger partial charge in [-0.3, -0.25) is 4.90 Å². The van der Waals surface area contributed by atoms with Gasteiger partial charge >= 0.3 is 0 Å². The topological polar surface area (TPSA) is 35.5 Å². The third-order valence-corrected chi connectivity index (χ3v) is 3.66. The van der Waals surface area contributed by atoms with Crippen molar-refractivity contribution in [3.05, 3.63) is 35.4 Å². The smallest absolute Gasteiger partial charge is 0.159 e. The molecule has 1 aromatic carbocycles. The van der Waals surface area contributed by atoms with Gasteiger partial charge in [0, 0.05) is 25.7 Å². The second kappa shape index (κ2) is 7.67. The van der Waals surface area contributed by atoms with Crippen LogP contribution in [0.15, 0.2) is 18.2 Å². The zero-order chi connectivity index (χ0) is 14.4. The van der Waals surface area contributed by atoms with Crippen molar-refractivity contribution >= 4 is 0 Å². The van der Waals surface area contributed by atoms with Crippen LogP contribution in [0.25, 0.3) is 0 Å². The van der Waals surface area contributed by atoms with Gasteiger partial charge < -0.3 is 10.4 Å². The van der Waals surface area contributed by atoms with Crippen LogP contribution >= 0.6 is 0 Å². The summed E-state index contributed by atoms with van der Waals surface area (Å²) in [6, 6.07) is 4.52. The summed E-state index contributed by atoms with van der Waals surface area (Å²) in [6.07, 6.45) is 2.99. The molecule has 1 unspecified atom stereocenters.